The molecule has 22 heavy (non-hydrogen) atoms. The van der Waals surface area contributed by atoms with Gasteiger partial charge < -0.3 is 5.32 Å². The summed E-state index contributed by atoms with van der Waals surface area (Å²) < 4.78 is 0. The molecule has 1 aromatic carbocycles. The maximum Gasteiger partial charge on any atom is 0.226 e. The number of nitrogens with zero attached hydrogens (tertiary/aromatic N) is 2. The normalized spacial score (nSPS) is 11.4. The number of hydrogen-bond acceptors (Lipinski definition) is 4. The highest BCUT2D eigenvalue weighted by atomic mass is 32.1. The van der Waals surface area contributed by atoms with E-state index in [0.717, 1.165) is 24.3 Å². The van der Waals surface area contributed by atoms with Gasteiger partial charge in [-0.3, -0.25) is 4.79 Å². The largest absolute Gasteiger partial charge is 0.301 e. The summed E-state index contributed by atoms with van der Waals surface area (Å²) in [6.45, 7) is 6.49. The quantitative estimate of drug-likeness (QED) is 0.873. The van der Waals surface area contributed by atoms with E-state index in [-0.39, 0.29) is 11.3 Å². The molecular weight excluding hydrogens is 294 g/mol. The van der Waals surface area contributed by atoms with E-state index in [2.05, 4.69) is 48.4 Å². The highest BCUT2D eigenvalue weighted by molar-refractivity contribution is 7.15. The second kappa shape index (κ2) is 7.49. The van der Waals surface area contributed by atoms with Gasteiger partial charge in [-0.25, -0.2) is 0 Å². The Bertz CT molecular complexity index is 602. The van der Waals surface area contributed by atoms with Gasteiger partial charge in [0.25, 0.3) is 0 Å². The van der Waals surface area contributed by atoms with Crippen molar-refractivity contribution < 1.29 is 4.79 Å². The summed E-state index contributed by atoms with van der Waals surface area (Å²) in [5, 5.41) is 12.6. The Kier molecular flexibility index (Phi) is 5.66. The van der Waals surface area contributed by atoms with E-state index in [0.29, 0.717) is 11.6 Å². The molecule has 0 aliphatic heterocycles. The first-order chi connectivity index (χ1) is 10.4. The maximum atomic E-state index is 11.9. The highest BCUT2D eigenvalue weighted by Gasteiger charge is 2.15. The van der Waals surface area contributed by atoms with E-state index in [1.807, 2.05) is 18.2 Å². The number of aryl methyl sites for hydroxylation is 1. The lowest BCUT2D eigenvalue weighted by atomic mass is 9.93. The standard InChI is InChI=1S/C17H23N3OS/c1-17(2,3)12-15-19-20-16(22-15)18-14(21)11-7-10-13-8-5-4-6-9-13/h4-6,8-9H,7,10-12H2,1-3H3,(H,18,20,21). The average Bonchev–Trinajstić information content (AvgIpc) is 2.84. The molecule has 1 aromatic heterocycles. The lowest BCUT2D eigenvalue weighted by Gasteiger charge is -2.14. The molecule has 1 N–H and O–H groups in total. The Morgan fingerprint density at radius 1 is 1.18 bits per heavy atom. The van der Waals surface area contributed by atoms with Crippen molar-refractivity contribution in [1.82, 2.24) is 10.2 Å². The third-order valence-corrected chi connectivity index (χ3v) is 3.95. The number of benzene rings is 1. The third-order valence-electron chi connectivity index (χ3n) is 3.11. The summed E-state index contributed by atoms with van der Waals surface area (Å²) >= 11 is 1.46. The number of nitrogens with one attached hydrogen (secondary N) is 1. The van der Waals surface area contributed by atoms with Crippen LogP contribution in [-0.2, 0) is 17.6 Å². The molecule has 2 rings (SSSR count). The van der Waals surface area contributed by atoms with Crippen LogP contribution in [-0.4, -0.2) is 16.1 Å². The number of amides is 1. The molecule has 0 aliphatic carbocycles. The SMILES string of the molecule is CC(C)(C)Cc1nnc(NC(=O)CCCc2ccccc2)s1. The van der Waals surface area contributed by atoms with Crippen LogP contribution in [0.25, 0.3) is 0 Å². The zero-order valence-corrected chi connectivity index (χ0v) is 14.2. The van der Waals surface area contributed by atoms with Crippen LogP contribution in [0.15, 0.2) is 30.3 Å². The Morgan fingerprint density at radius 2 is 1.91 bits per heavy atom. The zero-order valence-electron chi connectivity index (χ0n) is 13.4. The van der Waals surface area contributed by atoms with Gasteiger partial charge in [-0.2, -0.15) is 0 Å². The molecule has 1 amide bonds. The van der Waals surface area contributed by atoms with Gasteiger partial charge in [0.15, 0.2) is 0 Å². The van der Waals surface area contributed by atoms with Crippen LogP contribution in [0.4, 0.5) is 5.13 Å². The van der Waals surface area contributed by atoms with Crippen LogP contribution in [0.5, 0.6) is 0 Å². The van der Waals surface area contributed by atoms with Crippen molar-refractivity contribution in [3.63, 3.8) is 0 Å². The first-order valence-electron chi connectivity index (χ1n) is 7.58. The molecule has 0 fully saturated rings. The van der Waals surface area contributed by atoms with E-state index in [1.165, 1.54) is 16.9 Å². The number of rotatable bonds is 6. The van der Waals surface area contributed by atoms with Crippen molar-refractivity contribution in [2.45, 2.75) is 46.5 Å². The van der Waals surface area contributed by atoms with Crippen LogP contribution < -0.4 is 5.32 Å². The number of hydrogen-bond donors (Lipinski definition) is 1. The predicted octanol–water partition coefficient (Wildman–Crippen LogP) is 4.09. The topological polar surface area (TPSA) is 54.9 Å². The molecule has 0 saturated carbocycles. The van der Waals surface area contributed by atoms with Crippen LogP contribution in [0, 0.1) is 5.41 Å². The van der Waals surface area contributed by atoms with Gasteiger partial charge in [0.05, 0.1) is 0 Å². The first-order valence-corrected chi connectivity index (χ1v) is 8.40. The highest BCUT2D eigenvalue weighted by Crippen LogP contribution is 2.24. The van der Waals surface area contributed by atoms with Crippen LogP contribution in [0.2, 0.25) is 0 Å². The molecule has 118 valence electrons. The molecule has 0 unspecified atom stereocenters. The molecule has 4 nitrogen and oxygen atoms in total. The van der Waals surface area contributed by atoms with Gasteiger partial charge >= 0.3 is 0 Å². The van der Waals surface area contributed by atoms with Gasteiger partial charge in [-0.1, -0.05) is 62.4 Å². The minimum atomic E-state index is 0.00869. The minimum Gasteiger partial charge on any atom is -0.301 e. The van der Waals surface area contributed by atoms with Gasteiger partial charge in [-0.05, 0) is 23.8 Å². The van der Waals surface area contributed by atoms with Crippen molar-refractivity contribution >= 4 is 22.4 Å². The van der Waals surface area contributed by atoms with E-state index in [1.54, 1.807) is 0 Å². The molecule has 0 aliphatic rings. The average molecular weight is 317 g/mol. The molecule has 0 saturated heterocycles. The van der Waals surface area contributed by atoms with Crippen molar-refractivity contribution in [1.29, 1.82) is 0 Å². The van der Waals surface area contributed by atoms with Gasteiger partial charge in [-0.15, -0.1) is 10.2 Å². The lowest BCUT2D eigenvalue weighted by Crippen LogP contribution is -2.11. The second-order valence-corrected chi connectivity index (χ2v) is 7.69. The van der Waals surface area contributed by atoms with Crippen molar-refractivity contribution in [3.8, 4) is 0 Å². The number of aromatic nitrogens is 2. The van der Waals surface area contributed by atoms with Crippen LogP contribution in [0.3, 0.4) is 0 Å². The van der Waals surface area contributed by atoms with Gasteiger partial charge in [0.1, 0.15) is 5.01 Å². The van der Waals surface area contributed by atoms with E-state index < -0.39 is 0 Å². The number of carbonyl (C=O) groups is 1. The fourth-order valence-electron chi connectivity index (χ4n) is 2.11. The molecule has 0 radical (unpaired) electrons. The molecule has 2 aromatic rings. The van der Waals surface area contributed by atoms with Crippen molar-refractivity contribution in [2.24, 2.45) is 5.41 Å². The fraction of sp³-hybridized carbons (Fsp3) is 0.471. The first kappa shape index (κ1) is 16.6. The maximum absolute atomic E-state index is 11.9. The summed E-state index contributed by atoms with van der Waals surface area (Å²) in [6.07, 6.45) is 3.13. The van der Waals surface area contributed by atoms with Crippen LogP contribution >= 0.6 is 11.3 Å². The number of carbonyl (C=O) groups excluding carboxylic acids is 1. The molecule has 0 bridgehead atoms. The van der Waals surface area contributed by atoms with E-state index in [9.17, 15) is 4.79 Å². The summed E-state index contributed by atoms with van der Waals surface area (Å²) in [4.78, 5) is 11.9. The van der Waals surface area contributed by atoms with Crippen LogP contribution in [0.1, 0.15) is 44.2 Å². The monoisotopic (exact) mass is 317 g/mol. The van der Waals surface area contributed by atoms with Crippen molar-refractivity contribution in [2.75, 3.05) is 5.32 Å². The Labute approximate surface area is 136 Å². The molecule has 0 atom stereocenters. The summed E-state index contributed by atoms with van der Waals surface area (Å²) in [5.41, 5.74) is 1.44. The lowest BCUT2D eigenvalue weighted by molar-refractivity contribution is -0.116. The summed E-state index contributed by atoms with van der Waals surface area (Å²) in [7, 11) is 0. The van der Waals surface area contributed by atoms with E-state index >= 15 is 0 Å². The number of anilines is 1. The smallest absolute Gasteiger partial charge is 0.226 e. The fourth-order valence-corrected chi connectivity index (χ4v) is 3.17. The van der Waals surface area contributed by atoms with Crippen molar-refractivity contribution in [3.05, 3.63) is 40.9 Å². The summed E-state index contributed by atoms with van der Waals surface area (Å²) in [5.74, 6) is 0.00869. The summed E-state index contributed by atoms with van der Waals surface area (Å²) in [6, 6.07) is 10.2. The Morgan fingerprint density at radius 3 is 2.59 bits per heavy atom. The minimum absolute atomic E-state index is 0.00869. The molecule has 5 heteroatoms. The predicted molar refractivity (Wildman–Crippen MR) is 91.1 cm³/mol. The van der Waals surface area contributed by atoms with Gasteiger partial charge in [0, 0.05) is 12.8 Å². The second-order valence-electron chi connectivity index (χ2n) is 6.63. The molecule has 0 spiro atoms. The Balaban J connectivity index is 1.75. The Hall–Kier alpha value is -1.75. The van der Waals surface area contributed by atoms with Gasteiger partial charge in [0.2, 0.25) is 11.0 Å². The van der Waals surface area contributed by atoms with E-state index in [4.69, 9.17) is 0 Å². The molecular formula is C17H23N3OS. The zero-order chi connectivity index (χ0) is 16.0. The molecule has 1 heterocycles. The third kappa shape index (κ3) is 5.93.